The fourth-order valence-corrected chi connectivity index (χ4v) is 2.97. The zero-order chi connectivity index (χ0) is 20.3. The first-order valence-corrected chi connectivity index (χ1v) is 8.70. The number of amides is 1. The number of aryl methyl sites for hydroxylation is 1. The number of nitrogens with one attached hydrogen (secondary N) is 1. The number of halogens is 3. The molecule has 2 heterocycles. The van der Waals surface area contributed by atoms with E-state index in [-0.39, 0.29) is 23.7 Å². The highest BCUT2D eigenvalue weighted by atomic mass is 19.4. The van der Waals surface area contributed by atoms with Gasteiger partial charge in [0, 0.05) is 45.0 Å². The first-order valence-electron chi connectivity index (χ1n) is 8.70. The number of hydrogen-bond donors (Lipinski definition) is 1. The van der Waals surface area contributed by atoms with E-state index in [1.165, 1.54) is 22.9 Å². The molecule has 1 N–H and O–H groups in total. The van der Waals surface area contributed by atoms with Gasteiger partial charge >= 0.3 is 6.18 Å². The number of hydrogen-bond acceptors (Lipinski definition) is 5. The Balaban J connectivity index is 1.52. The number of benzene rings is 1. The first-order chi connectivity index (χ1) is 13.2. The van der Waals surface area contributed by atoms with E-state index in [0.29, 0.717) is 26.2 Å². The van der Waals surface area contributed by atoms with Crippen LogP contribution < -0.4 is 15.8 Å². The van der Waals surface area contributed by atoms with Crippen molar-refractivity contribution in [3.05, 3.63) is 52.4 Å². The summed E-state index contributed by atoms with van der Waals surface area (Å²) in [6, 6.07) is 6.08. The maximum atomic E-state index is 12.8. The van der Waals surface area contributed by atoms with Gasteiger partial charge in [0.05, 0.1) is 24.0 Å². The minimum atomic E-state index is -4.45. The summed E-state index contributed by atoms with van der Waals surface area (Å²) in [5.74, 6) is -0.372. The van der Waals surface area contributed by atoms with Gasteiger partial charge in [-0.1, -0.05) is 6.07 Å². The van der Waals surface area contributed by atoms with Gasteiger partial charge in [-0.05, 0) is 18.2 Å². The van der Waals surface area contributed by atoms with Gasteiger partial charge in [0.1, 0.15) is 0 Å². The SMILES string of the molecule is Cn1ncc(N2CCN(CC(=O)Nc3cccc(C(F)(F)F)c3)CC2)cc1=O. The molecule has 1 aromatic heterocycles. The monoisotopic (exact) mass is 395 g/mol. The minimum Gasteiger partial charge on any atom is -0.368 e. The van der Waals surface area contributed by atoms with Crippen molar-refractivity contribution in [2.45, 2.75) is 6.18 Å². The number of anilines is 2. The van der Waals surface area contributed by atoms with Gasteiger partial charge in [0.25, 0.3) is 5.56 Å². The van der Waals surface area contributed by atoms with Gasteiger partial charge in [-0.15, -0.1) is 0 Å². The Kier molecular flexibility index (Phi) is 5.68. The molecule has 10 heteroatoms. The second-order valence-electron chi connectivity index (χ2n) is 6.57. The van der Waals surface area contributed by atoms with Crippen molar-refractivity contribution in [2.24, 2.45) is 7.05 Å². The average molecular weight is 395 g/mol. The molecule has 0 radical (unpaired) electrons. The summed E-state index contributed by atoms with van der Waals surface area (Å²) in [6.07, 6.45) is -2.83. The fraction of sp³-hybridized carbons (Fsp3) is 0.389. The van der Waals surface area contributed by atoms with Crippen LogP contribution in [0, 0.1) is 0 Å². The molecule has 1 aromatic carbocycles. The number of carbonyl (C=O) groups is 1. The molecule has 1 saturated heterocycles. The number of nitrogens with zero attached hydrogens (tertiary/aromatic N) is 4. The third kappa shape index (κ3) is 4.89. The largest absolute Gasteiger partial charge is 0.416 e. The Bertz CT molecular complexity index is 905. The van der Waals surface area contributed by atoms with Crippen LogP contribution in [0.15, 0.2) is 41.3 Å². The molecule has 2 aromatic rings. The second-order valence-corrected chi connectivity index (χ2v) is 6.57. The van der Waals surface area contributed by atoms with Crippen LogP contribution in [-0.2, 0) is 18.0 Å². The van der Waals surface area contributed by atoms with E-state index in [0.717, 1.165) is 17.8 Å². The molecule has 7 nitrogen and oxygen atoms in total. The summed E-state index contributed by atoms with van der Waals surface area (Å²) in [5.41, 5.74) is -0.150. The Morgan fingerprint density at radius 3 is 2.54 bits per heavy atom. The van der Waals surface area contributed by atoms with Crippen LogP contribution in [0.5, 0.6) is 0 Å². The molecule has 3 rings (SSSR count). The van der Waals surface area contributed by atoms with Crippen molar-refractivity contribution in [3.8, 4) is 0 Å². The van der Waals surface area contributed by atoms with Crippen molar-refractivity contribution in [1.82, 2.24) is 14.7 Å². The highest BCUT2D eigenvalue weighted by Crippen LogP contribution is 2.30. The molecule has 0 spiro atoms. The smallest absolute Gasteiger partial charge is 0.368 e. The van der Waals surface area contributed by atoms with E-state index >= 15 is 0 Å². The van der Waals surface area contributed by atoms with Crippen LogP contribution in [0.25, 0.3) is 0 Å². The Morgan fingerprint density at radius 1 is 1.18 bits per heavy atom. The summed E-state index contributed by atoms with van der Waals surface area (Å²) in [7, 11) is 1.58. The maximum absolute atomic E-state index is 12.8. The highest BCUT2D eigenvalue weighted by Gasteiger charge is 2.30. The van der Waals surface area contributed by atoms with Crippen molar-refractivity contribution < 1.29 is 18.0 Å². The van der Waals surface area contributed by atoms with Crippen LogP contribution >= 0.6 is 0 Å². The molecular weight excluding hydrogens is 375 g/mol. The predicted octanol–water partition coefficient (Wildman–Crippen LogP) is 1.56. The number of rotatable bonds is 4. The average Bonchev–Trinajstić information content (AvgIpc) is 2.64. The van der Waals surface area contributed by atoms with Gasteiger partial charge in [-0.3, -0.25) is 14.5 Å². The minimum absolute atomic E-state index is 0.0822. The van der Waals surface area contributed by atoms with Gasteiger partial charge < -0.3 is 10.2 Å². The van der Waals surface area contributed by atoms with E-state index in [4.69, 9.17) is 0 Å². The lowest BCUT2D eigenvalue weighted by Crippen LogP contribution is -2.49. The Hall–Kier alpha value is -2.88. The quantitative estimate of drug-likeness (QED) is 0.851. The van der Waals surface area contributed by atoms with Gasteiger partial charge in [-0.25, -0.2) is 4.68 Å². The molecule has 1 aliphatic rings. The Labute approximate surface area is 159 Å². The summed E-state index contributed by atoms with van der Waals surface area (Å²) < 4.78 is 39.5. The summed E-state index contributed by atoms with van der Waals surface area (Å²) in [6.45, 7) is 2.49. The van der Waals surface area contributed by atoms with Crippen LogP contribution in [0.4, 0.5) is 24.5 Å². The summed E-state index contributed by atoms with van der Waals surface area (Å²) >= 11 is 0. The van der Waals surface area contributed by atoms with Gasteiger partial charge in [-0.2, -0.15) is 18.3 Å². The van der Waals surface area contributed by atoms with Crippen molar-refractivity contribution in [3.63, 3.8) is 0 Å². The molecule has 1 fully saturated rings. The van der Waals surface area contributed by atoms with Crippen molar-refractivity contribution in [1.29, 1.82) is 0 Å². The highest BCUT2D eigenvalue weighted by molar-refractivity contribution is 5.92. The third-order valence-corrected chi connectivity index (χ3v) is 4.53. The summed E-state index contributed by atoms with van der Waals surface area (Å²) in [5, 5.41) is 6.51. The molecule has 0 saturated carbocycles. The predicted molar refractivity (Wildman–Crippen MR) is 98.2 cm³/mol. The van der Waals surface area contributed by atoms with E-state index in [9.17, 15) is 22.8 Å². The second kappa shape index (κ2) is 8.01. The molecule has 1 amide bonds. The number of piperazine rings is 1. The molecule has 0 unspecified atom stereocenters. The summed E-state index contributed by atoms with van der Waals surface area (Å²) in [4.78, 5) is 27.8. The molecule has 0 bridgehead atoms. The molecule has 1 aliphatic heterocycles. The van der Waals surface area contributed by atoms with Crippen molar-refractivity contribution in [2.75, 3.05) is 42.9 Å². The normalized spacial score (nSPS) is 15.5. The van der Waals surface area contributed by atoms with Crippen LogP contribution in [0.2, 0.25) is 0 Å². The van der Waals surface area contributed by atoms with Crippen LogP contribution in [0.1, 0.15) is 5.56 Å². The van der Waals surface area contributed by atoms with Gasteiger partial charge in [0.15, 0.2) is 0 Å². The zero-order valence-electron chi connectivity index (χ0n) is 15.2. The molecule has 0 aliphatic carbocycles. The lowest BCUT2D eigenvalue weighted by atomic mass is 10.2. The number of alkyl halides is 3. The molecular formula is C18H20F3N5O2. The first kappa shape index (κ1) is 19.9. The molecule has 150 valence electrons. The van der Waals surface area contributed by atoms with E-state index in [1.54, 1.807) is 13.2 Å². The lowest BCUT2D eigenvalue weighted by molar-refractivity contribution is -0.137. The molecule has 28 heavy (non-hydrogen) atoms. The lowest BCUT2D eigenvalue weighted by Gasteiger charge is -2.35. The van der Waals surface area contributed by atoms with Crippen LogP contribution in [-0.4, -0.2) is 53.3 Å². The zero-order valence-corrected chi connectivity index (χ0v) is 15.2. The fourth-order valence-electron chi connectivity index (χ4n) is 2.97. The van der Waals surface area contributed by atoms with E-state index in [1.807, 2.05) is 9.80 Å². The standard InChI is InChI=1S/C18H20F3N5O2/c1-24-17(28)10-15(11-22-24)26-7-5-25(6-8-26)12-16(27)23-14-4-2-3-13(9-14)18(19,20)21/h2-4,9-11H,5-8,12H2,1H3,(H,23,27). The van der Waals surface area contributed by atoms with Gasteiger partial charge in [0.2, 0.25) is 5.91 Å². The number of aromatic nitrogens is 2. The van der Waals surface area contributed by atoms with Crippen molar-refractivity contribution >= 4 is 17.3 Å². The van der Waals surface area contributed by atoms with Crippen LogP contribution in [0.3, 0.4) is 0 Å². The molecule has 0 atom stereocenters. The van der Waals surface area contributed by atoms with E-state index in [2.05, 4.69) is 10.4 Å². The third-order valence-electron chi connectivity index (χ3n) is 4.53. The number of carbonyl (C=O) groups excluding carboxylic acids is 1. The Morgan fingerprint density at radius 2 is 1.89 bits per heavy atom. The van der Waals surface area contributed by atoms with E-state index < -0.39 is 11.7 Å². The topological polar surface area (TPSA) is 70.5 Å². The maximum Gasteiger partial charge on any atom is 0.416 e.